The third-order valence-electron chi connectivity index (χ3n) is 13.1. The number of allylic oxidation sites excluding steroid dienone is 6. The summed E-state index contributed by atoms with van der Waals surface area (Å²) in [4.78, 5) is 25.8. The molecule has 0 saturated carbocycles. The van der Waals surface area contributed by atoms with Crippen LogP contribution in [0.3, 0.4) is 0 Å². The van der Waals surface area contributed by atoms with Gasteiger partial charge in [-0.15, -0.1) is 0 Å². The van der Waals surface area contributed by atoms with Crippen molar-refractivity contribution in [2.24, 2.45) is 0 Å². The number of unbranched alkanes of at least 4 members (excludes halogenated alkanes) is 23. The summed E-state index contributed by atoms with van der Waals surface area (Å²) in [5, 5.41) is 72.2. The molecule has 2 heterocycles. The highest BCUT2D eigenvalue weighted by Crippen LogP contribution is 2.26. The summed E-state index contributed by atoms with van der Waals surface area (Å²) < 4.78 is 33.6. The van der Waals surface area contributed by atoms with Crippen LogP contribution in [0.4, 0.5) is 0 Å². The highest BCUT2D eigenvalue weighted by Gasteiger charge is 2.47. The minimum atomic E-state index is -1.77. The maximum Gasteiger partial charge on any atom is 0.306 e. The standard InChI is InChI=1S/C55H98O15/c1-3-5-7-9-11-13-15-17-19-20-21-22-24-26-28-30-32-34-36-38-47(58)68-43(40-65-46(57)37-35-33-31-29-27-25-23-18-16-14-12-10-8-6-4-2)41-66-54-53(64)51(62)49(60)45(70-54)42-67-55-52(63)50(61)48(59)44(39-56)69-55/h11,13,17,19,25,27,43-45,48-56,59-64H,3-10,12,14-16,18,20-24,26,28-42H2,1-2H3/b13-11+,19-17+,27-25+/t43-,44+,45+,48-,49-,50?,51?,52?,53?,54+,55+/m1/s1. The first-order valence-corrected chi connectivity index (χ1v) is 27.6. The zero-order valence-corrected chi connectivity index (χ0v) is 43.3. The first-order valence-electron chi connectivity index (χ1n) is 27.6. The Labute approximate surface area is 421 Å². The number of hydrogen-bond acceptors (Lipinski definition) is 15. The molecule has 408 valence electrons. The summed E-state index contributed by atoms with van der Waals surface area (Å²) in [5.41, 5.74) is 0. The van der Waals surface area contributed by atoms with Crippen molar-refractivity contribution in [3.8, 4) is 0 Å². The monoisotopic (exact) mass is 999 g/mol. The van der Waals surface area contributed by atoms with Crippen LogP contribution in [0.2, 0.25) is 0 Å². The third kappa shape index (κ3) is 29.4. The molecule has 15 heteroatoms. The number of carbonyl (C=O) groups excluding carboxylic acids is 2. The summed E-state index contributed by atoms with van der Waals surface area (Å²) in [7, 11) is 0. The molecule has 0 bridgehead atoms. The van der Waals surface area contributed by atoms with Crippen molar-refractivity contribution in [3.63, 3.8) is 0 Å². The fourth-order valence-corrected chi connectivity index (χ4v) is 8.54. The van der Waals surface area contributed by atoms with Crippen molar-refractivity contribution >= 4 is 11.9 Å². The normalized spacial score (nSPS) is 25.6. The first-order chi connectivity index (χ1) is 34.0. The number of aliphatic hydroxyl groups is 7. The van der Waals surface area contributed by atoms with Crippen LogP contribution in [0.25, 0.3) is 0 Å². The van der Waals surface area contributed by atoms with Gasteiger partial charge in [-0.1, -0.05) is 159 Å². The molecule has 2 aliphatic heterocycles. The van der Waals surface area contributed by atoms with Crippen LogP contribution >= 0.6 is 0 Å². The summed E-state index contributed by atoms with van der Waals surface area (Å²) in [6.07, 6.45) is 28.8. The van der Waals surface area contributed by atoms with Gasteiger partial charge in [-0.25, -0.2) is 0 Å². The Bertz CT molecular complexity index is 1360. The molecule has 0 aromatic carbocycles. The quantitative estimate of drug-likeness (QED) is 0.0173. The minimum Gasteiger partial charge on any atom is -0.462 e. The molecule has 7 N–H and O–H groups in total. The molecular weight excluding hydrogens is 901 g/mol. The summed E-state index contributed by atoms with van der Waals surface area (Å²) in [6, 6.07) is 0. The van der Waals surface area contributed by atoms with Crippen molar-refractivity contribution < 1.29 is 73.8 Å². The SMILES string of the molecule is CCCCC/C=C/C/C=C/CCCCCCCCCCCC(=O)O[C@H](COC(=O)CCCCC/C=C/CCCCCCCCCC)CO[C@H]1O[C@@H](CO[C@H]2O[C@@H](CO)[C@@H](O)C(O)C2O)[C@@H](O)C(O)C1O. The van der Waals surface area contributed by atoms with Crippen LogP contribution < -0.4 is 0 Å². The number of aliphatic hydroxyl groups excluding tert-OH is 7. The molecule has 4 unspecified atom stereocenters. The van der Waals surface area contributed by atoms with Gasteiger partial charge >= 0.3 is 11.9 Å². The maximum atomic E-state index is 13.0. The largest absolute Gasteiger partial charge is 0.462 e. The molecule has 0 amide bonds. The molecule has 15 nitrogen and oxygen atoms in total. The van der Waals surface area contributed by atoms with Crippen molar-refractivity contribution in [2.75, 3.05) is 26.4 Å². The molecular formula is C55H98O15. The van der Waals surface area contributed by atoms with Gasteiger partial charge in [0, 0.05) is 12.8 Å². The van der Waals surface area contributed by atoms with Crippen molar-refractivity contribution in [1.82, 2.24) is 0 Å². The lowest BCUT2D eigenvalue weighted by Gasteiger charge is -2.42. The van der Waals surface area contributed by atoms with E-state index in [0.29, 0.717) is 12.8 Å². The zero-order valence-electron chi connectivity index (χ0n) is 43.3. The lowest BCUT2D eigenvalue weighted by Crippen LogP contribution is -2.61. The number of rotatable bonds is 43. The number of hydrogen-bond donors (Lipinski definition) is 7. The topological polar surface area (TPSA) is 231 Å². The predicted octanol–water partition coefficient (Wildman–Crippen LogP) is 8.49. The van der Waals surface area contributed by atoms with Crippen LogP contribution in [-0.4, -0.2) is 142 Å². The number of carbonyl (C=O) groups is 2. The first kappa shape index (κ1) is 63.8. The van der Waals surface area contributed by atoms with Gasteiger partial charge in [0.05, 0.1) is 19.8 Å². The Balaban J connectivity index is 1.79. The van der Waals surface area contributed by atoms with Gasteiger partial charge < -0.3 is 64.2 Å². The Morgan fingerprint density at radius 2 is 0.857 bits per heavy atom. The summed E-state index contributed by atoms with van der Waals surface area (Å²) in [5.74, 6) is -0.944. The van der Waals surface area contributed by atoms with Crippen molar-refractivity contribution in [2.45, 2.75) is 274 Å². The Morgan fingerprint density at radius 3 is 1.39 bits per heavy atom. The van der Waals surface area contributed by atoms with E-state index in [1.165, 1.54) is 103 Å². The molecule has 0 aliphatic carbocycles. The molecule has 70 heavy (non-hydrogen) atoms. The van der Waals surface area contributed by atoms with E-state index in [0.717, 1.165) is 64.2 Å². The summed E-state index contributed by atoms with van der Waals surface area (Å²) >= 11 is 0. The van der Waals surface area contributed by atoms with Crippen LogP contribution in [0.1, 0.15) is 206 Å². The van der Waals surface area contributed by atoms with E-state index in [-0.39, 0.29) is 26.1 Å². The molecule has 0 aromatic heterocycles. The second-order valence-corrected chi connectivity index (χ2v) is 19.4. The Morgan fingerprint density at radius 1 is 0.457 bits per heavy atom. The van der Waals surface area contributed by atoms with Crippen LogP contribution in [0.15, 0.2) is 36.5 Å². The van der Waals surface area contributed by atoms with Gasteiger partial charge in [-0.2, -0.15) is 0 Å². The smallest absolute Gasteiger partial charge is 0.306 e. The van der Waals surface area contributed by atoms with Crippen LogP contribution in [-0.2, 0) is 38.0 Å². The molecule has 2 fully saturated rings. The van der Waals surface area contributed by atoms with Crippen molar-refractivity contribution in [1.29, 1.82) is 0 Å². The van der Waals surface area contributed by atoms with E-state index in [1.54, 1.807) is 0 Å². The van der Waals surface area contributed by atoms with E-state index in [4.69, 9.17) is 28.4 Å². The second kappa shape index (κ2) is 42.1. The predicted molar refractivity (Wildman–Crippen MR) is 270 cm³/mol. The lowest BCUT2D eigenvalue weighted by atomic mass is 9.98. The zero-order chi connectivity index (χ0) is 51.0. The average molecular weight is 999 g/mol. The van der Waals surface area contributed by atoms with Crippen LogP contribution in [0, 0.1) is 0 Å². The van der Waals surface area contributed by atoms with E-state index in [1.807, 2.05) is 0 Å². The van der Waals surface area contributed by atoms with Crippen molar-refractivity contribution in [3.05, 3.63) is 36.5 Å². The molecule has 2 saturated heterocycles. The Kier molecular flexibility index (Phi) is 38.4. The highest BCUT2D eigenvalue weighted by atomic mass is 16.7. The second-order valence-electron chi connectivity index (χ2n) is 19.4. The average Bonchev–Trinajstić information content (AvgIpc) is 3.35. The van der Waals surface area contributed by atoms with E-state index >= 15 is 0 Å². The van der Waals surface area contributed by atoms with Gasteiger partial charge in [0.2, 0.25) is 0 Å². The maximum absolute atomic E-state index is 13.0. The van der Waals surface area contributed by atoms with Crippen LogP contribution in [0.5, 0.6) is 0 Å². The van der Waals surface area contributed by atoms with Gasteiger partial charge in [0.1, 0.15) is 55.4 Å². The highest BCUT2D eigenvalue weighted by molar-refractivity contribution is 5.70. The number of esters is 2. The van der Waals surface area contributed by atoms with Gasteiger partial charge in [0.25, 0.3) is 0 Å². The molecule has 2 aliphatic rings. The molecule has 0 radical (unpaired) electrons. The van der Waals surface area contributed by atoms with Gasteiger partial charge in [-0.05, 0) is 70.6 Å². The molecule has 11 atom stereocenters. The molecule has 2 rings (SSSR count). The van der Waals surface area contributed by atoms with E-state index in [9.17, 15) is 45.3 Å². The summed E-state index contributed by atoms with van der Waals surface area (Å²) in [6.45, 7) is 2.56. The molecule has 0 spiro atoms. The van der Waals surface area contributed by atoms with Gasteiger partial charge in [0.15, 0.2) is 18.7 Å². The van der Waals surface area contributed by atoms with E-state index in [2.05, 4.69) is 50.3 Å². The minimum absolute atomic E-state index is 0.158. The molecule has 0 aromatic rings. The fourth-order valence-electron chi connectivity index (χ4n) is 8.54. The lowest BCUT2D eigenvalue weighted by molar-refractivity contribution is -0.332. The van der Waals surface area contributed by atoms with Gasteiger partial charge in [-0.3, -0.25) is 9.59 Å². The van der Waals surface area contributed by atoms with E-state index < -0.39 is 92.7 Å². The fraction of sp³-hybridized carbons (Fsp3) is 0.855. The third-order valence-corrected chi connectivity index (χ3v) is 13.1. The number of ether oxygens (including phenoxy) is 6. The Hall–Kier alpha value is -2.28.